The normalized spacial score (nSPS) is 14.4. The van der Waals surface area contributed by atoms with Gasteiger partial charge in [0.05, 0.1) is 12.7 Å². The standard InChI is InChI=1S/C13H20O4/c1-9-4-5-13(12(6-9)10(2)14)17-8-11(15)7-16-3/h4-6,10-11,14-15H,7-8H2,1-3H3/t10-,11?/m0/s1. The van der Waals surface area contributed by atoms with Crippen molar-refractivity contribution in [1.29, 1.82) is 0 Å². The van der Waals surface area contributed by atoms with Gasteiger partial charge in [0, 0.05) is 12.7 Å². The molecule has 0 aliphatic rings. The van der Waals surface area contributed by atoms with Gasteiger partial charge in [0.2, 0.25) is 0 Å². The minimum absolute atomic E-state index is 0.149. The van der Waals surface area contributed by atoms with Crippen molar-refractivity contribution in [1.82, 2.24) is 0 Å². The van der Waals surface area contributed by atoms with Crippen LogP contribution in [0.2, 0.25) is 0 Å². The molecule has 0 radical (unpaired) electrons. The third-order valence-electron chi connectivity index (χ3n) is 2.41. The Labute approximate surface area is 102 Å². The molecule has 4 heteroatoms. The van der Waals surface area contributed by atoms with Crippen LogP contribution in [0, 0.1) is 6.92 Å². The van der Waals surface area contributed by atoms with Crippen LogP contribution in [0.3, 0.4) is 0 Å². The van der Waals surface area contributed by atoms with E-state index in [4.69, 9.17) is 9.47 Å². The second-order valence-corrected chi connectivity index (χ2v) is 4.14. The third-order valence-corrected chi connectivity index (χ3v) is 2.41. The second-order valence-electron chi connectivity index (χ2n) is 4.14. The zero-order valence-corrected chi connectivity index (χ0v) is 10.5. The Hall–Kier alpha value is -1.10. The summed E-state index contributed by atoms with van der Waals surface area (Å²) >= 11 is 0. The van der Waals surface area contributed by atoms with E-state index in [2.05, 4.69) is 0 Å². The number of ether oxygens (including phenoxy) is 2. The van der Waals surface area contributed by atoms with Gasteiger partial charge in [-0.25, -0.2) is 0 Å². The van der Waals surface area contributed by atoms with E-state index in [9.17, 15) is 10.2 Å². The summed E-state index contributed by atoms with van der Waals surface area (Å²) in [4.78, 5) is 0. The number of benzene rings is 1. The lowest BCUT2D eigenvalue weighted by Gasteiger charge is -2.16. The lowest BCUT2D eigenvalue weighted by atomic mass is 10.1. The monoisotopic (exact) mass is 240 g/mol. The lowest BCUT2D eigenvalue weighted by molar-refractivity contribution is 0.0316. The molecule has 0 bridgehead atoms. The third kappa shape index (κ3) is 4.34. The van der Waals surface area contributed by atoms with Crippen LogP contribution >= 0.6 is 0 Å². The average Bonchev–Trinajstić information content (AvgIpc) is 2.27. The highest BCUT2D eigenvalue weighted by molar-refractivity contribution is 5.38. The number of rotatable bonds is 6. The number of hydrogen-bond donors (Lipinski definition) is 2. The van der Waals surface area contributed by atoms with E-state index in [0.29, 0.717) is 5.75 Å². The summed E-state index contributed by atoms with van der Waals surface area (Å²) in [6, 6.07) is 5.59. The highest BCUT2D eigenvalue weighted by Gasteiger charge is 2.11. The molecule has 17 heavy (non-hydrogen) atoms. The summed E-state index contributed by atoms with van der Waals surface area (Å²) in [5.74, 6) is 0.598. The summed E-state index contributed by atoms with van der Waals surface area (Å²) in [7, 11) is 1.52. The number of aryl methyl sites for hydroxylation is 1. The molecule has 1 aromatic rings. The molecule has 0 aromatic heterocycles. The topological polar surface area (TPSA) is 58.9 Å². The fraction of sp³-hybridized carbons (Fsp3) is 0.538. The Balaban J connectivity index is 2.70. The zero-order valence-electron chi connectivity index (χ0n) is 10.5. The number of hydrogen-bond acceptors (Lipinski definition) is 4. The molecule has 0 aliphatic carbocycles. The van der Waals surface area contributed by atoms with Gasteiger partial charge in [0.25, 0.3) is 0 Å². The summed E-state index contributed by atoms with van der Waals surface area (Å²) in [5, 5.41) is 19.1. The molecular formula is C13H20O4. The molecule has 0 amide bonds. The fourth-order valence-corrected chi connectivity index (χ4v) is 1.55. The molecule has 2 atom stereocenters. The van der Waals surface area contributed by atoms with Crippen LogP contribution in [0.15, 0.2) is 18.2 Å². The Morgan fingerprint density at radius 3 is 2.53 bits per heavy atom. The van der Waals surface area contributed by atoms with Gasteiger partial charge in [-0.2, -0.15) is 0 Å². The summed E-state index contributed by atoms with van der Waals surface area (Å²) < 4.78 is 10.3. The SMILES string of the molecule is COCC(O)COc1ccc(C)cc1[C@H](C)O. The van der Waals surface area contributed by atoms with Crippen molar-refractivity contribution in [2.75, 3.05) is 20.3 Å². The Bertz CT molecular complexity index is 349. The average molecular weight is 240 g/mol. The molecule has 4 nitrogen and oxygen atoms in total. The van der Waals surface area contributed by atoms with Crippen LogP contribution in [0.25, 0.3) is 0 Å². The quantitative estimate of drug-likeness (QED) is 0.790. The van der Waals surface area contributed by atoms with Crippen LogP contribution in [-0.4, -0.2) is 36.6 Å². The summed E-state index contributed by atoms with van der Waals surface area (Å²) in [6.07, 6.45) is -1.26. The van der Waals surface area contributed by atoms with Gasteiger partial charge in [-0.15, -0.1) is 0 Å². The lowest BCUT2D eigenvalue weighted by Crippen LogP contribution is -2.23. The minimum atomic E-state index is -0.664. The van der Waals surface area contributed by atoms with Crippen LogP contribution in [-0.2, 0) is 4.74 Å². The molecule has 0 saturated heterocycles. The van der Waals surface area contributed by atoms with E-state index in [0.717, 1.165) is 11.1 Å². The molecule has 2 N–H and O–H groups in total. The van der Waals surface area contributed by atoms with Gasteiger partial charge in [-0.1, -0.05) is 11.6 Å². The molecule has 0 aliphatic heterocycles. The molecule has 1 aromatic carbocycles. The van der Waals surface area contributed by atoms with Crippen molar-refractivity contribution in [2.45, 2.75) is 26.1 Å². The number of aliphatic hydroxyl groups excluding tert-OH is 2. The Morgan fingerprint density at radius 1 is 1.24 bits per heavy atom. The number of methoxy groups -OCH3 is 1. The zero-order chi connectivity index (χ0) is 12.8. The van der Waals surface area contributed by atoms with Gasteiger partial charge < -0.3 is 19.7 Å². The van der Waals surface area contributed by atoms with Crippen LogP contribution in [0.4, 0.5) is 0 Å². The number of aliphatic hydroxyl groups is 2. The first kappa shape index (κ1) is 14.0. The van der Waals surface area contributed by atoms with E-state index in [-0.39, 0.29) is 13.2 Å². The van der Waals surface area contributed by atoms with Crippen molar-refractivity contribution in [3.63, 3.8) is 0 Å². The maximum absolute atomic E-state index is 9.63. The maximum atomic E-state index is 9.63. The first-order valence-corrected chi connectivity index (χ1v) is 5.63. The van der Waals surface area contributed by atoms with E-state index >= 15 is 0 Å². The van der Waals surface area contributed by atoms with E-state index in [1.807, 2.05) is 19.1 Å². The van der Waals surface area contributed by atoms with E-state index in [1.54, 1.807) is 13.0 Å². The first-order valence-electron chi connectivity index (χ1n) is 5.63. The fourth-order valence-electron chi connectivity index (χ4n) is 1.55. The molecule has 0 fully saturated rings. The molecule has 0 heterocycles. The maximum Gasteiger partial charge on any atom is 0.125 e. The molecule has 1 unspecified atom stereocenters. The van der Waals surface area contributed by atoms with Crippen LogP contribution < -0.4 is 4.74 Å². The van der Waals surface area contributed by atoms with Crippen LogP contribution in [0.1, 0.15) is 24.2 Å². The van der Waals surface area contributed by atoms with Crippen molar-refractivity contribution < 1.29 is 19.7 Å². The molecular weight excluding hydrogens is 220 g/mol. The van der Waals surface area contributed by atoms with Crippen LogP contribution in [0.5, 0.6) is 5.75 Å². The highest BCUT2D eigenvalue weighted by Crippen LogP contribution is 2.26. The van der Waals surface area contributed by atoms with Gasteiger partial charge in [0.1, 0.15) is 18.5 Å². The van der Waals surface area contributed by atoms with E-state index in [1.165, 1.54) is 7.11 Å². The van der Waals surface area contributed by atoms with Gasteiger partial charge >= 0.3 is 0 Å². The molecule has 1 rings (SSSR count). The Morgan fingerprint density at radius 2 is 1.94 bits per heavy atom. The summed E-state index contributed by atoms with van der Waals surface area (Å²) in [6.45, 7) is 4.02. The summed E-state index contributed by atoms with van der Waals surface area (Å²) in [5.41, 5.74) is 1.79. The largest absolute Gasteiger partial charge is 0.490 e. The van der Waals surface area contributed by atoms with Gasteiger partial charge in [0.15, 0.2) is 0 Å². The first-order chi connectivity index (χ1) is 8.04. The van der Waals surface area contributed by atoms with Gasteiger partial charge in [-0.05, 0) is 26.0 Å². The van der Waals surface area contributed by atoms with Crippen molar-refractivity contribution in [2.24, 2.45) is 0 Å². The Kier molecular flexibility index (Phi) is 5.41. The van der Waals surface area contributed by atoms with Crippen molar-refractivity contribution in [3.8, 4) is 5.75 Å². The molecule has 0 spiro atoms. The van der Waals surface area contributed by atoms with E-state index < -0.39 is 12.2 Å². The van der Waals surface area contributed by atoms with Crippen molar-refractivity contribution >= 4 is 0 Å². The highest BCUT2D eigenvalue weighted by atomic mass is 16.5. The predicted molar refractivity (Wildman–Crippen MR) is 65.2 cm³/mol. The predicted octanol–water partition coefficient (Wildman–Crippen LogP) is 1.43. The second kappa shape index (κ2) is 6.59. The smallest absolute Gasteiger partial charge is 0.125 e. The minimum Gasteiger partial charge on any atom is -0.490 e. The van der Waals surface area contributed by atoms with Crippen molar-refractivity contribution in [3.05, 3.63) is 29.3 Å². The molecule has 0 saturated carbocycles. The molecule has 96 valence electrons. The van der Waals surface area contributed by atoms with Gasteiger partial charge in [-0.3, -0.25) is 0 Å².